The number of rotatable bonds is 5. The minimum absolute atomic E-state index is 0.0948. The highest BCUT2D eigenvalue weighted by atomic mass is 16.6. The molecular weight excluding hydrogens is 372 g/mol. The van der Waals surface area contributed by atoms with E-state index in [-0.39, 0.29) is 11.1 Å². The fourth-order valence-electron chi connectivity index (χ4n) is 3.64. The van der Waals surface area contributed by atoms with E-state index in [1.54, 1.807) is 6.07 Å². The van der Waals surface area contributed by atoms with Gasteiger partial charge in [-0.05, 0) is 31.1 Å². The molecular formula is C21H20N4O4. The molecule has 1 aliphatic rings. The number of nitro groups is 1. The van der Waals surface area contributed by atoms with Gasteiger partial charge in [0.15, 0.2) is 0 Å². The Morgan fingerprint density at radius 2 is 2.14 bits per heavy atom. The topological polar surface area (TPSA) is 101 Å². The molecule has 148 valence electrons. The molecule has 0 unspecified atom stereocenters. The van der Waals surface area contributed by atoms with Crippen molar-refractivity contribution in [2.24, 2.45) is 0 Å². The molecule has 0 saturated carbocycles. The summed E-state index contributed by atoms with van der Waals surface area (Å²) in [6.45, 7) is 3.67. The van der Waals surface area contributed by atoms with Gasteiger partial charge >= 0.3 is 0 Å². The van der Waals surface area contributed by atoms with Crippen LogP contribution in [0.2, 0.25) is 0 Å². The summed E-state index contributed by atoms with van der Waals surface area (Å²) in [7, 11) is 0. The molecule has 0 amide bonds. The van der Waals surface area contributed by atoms with Crippen LogP contribution in [0.15, 0.2) is 53.6 Å². The van der Waals surface area contributed by atoms with Crippen LogP contribution in [-0.4, -0.2) is 34.6 Å². The molecule has 0 fully saturated rings. The summed E-state index contributed by atoms with van der Waals surface area (Å²) >= 11 is 0. The van der Waals surface area contributed by atoms with Crippen molar-refractivity contribution >= 4 is 27.9 Å². The van der Waals surface area contributed by atoms with Crippen LogP contribution in [0.4, 0.5) is 11.4 Å². The van der Waals surface area contributed by atoms with Gasteiger partial charge in [0.05, 0.1) is 28.8 Å². The lowest BCUT2D eigenvalue weighted by Gasteiger charge is -2.28. The van der Waals surface area contributed by atoms with Crippen molar-refractivity contribution in [1.82, 2.24) is 9.97 Å². The highest BCUT2D eigenvalue weighted by Gasteiger charge is 2.24. The first-order valence-electron chi connectivity index (χ1n) is 9.40. The number of H-pyrrole nitrogens is 1. The molecule has 0 aliphatic carbocycles. The molecule has 0 radical (unpaired) electrons. The van der Waals surface area contributed by atoms with Gasteiger partial charge in [-0.3, -0.25) is 14.9 Å². The van der Waals surface area contributed by atoms with E-state index in [0.29, 0.717) is 30.9 Å². The van der Waals surface area contributed by atoms with Crippen LogP contribution >= 0.6 is 0 Å². The Balaban J connectivity index is 1.70. The largest absolute Gasteiger partial charge is 0.493 e. The molecule has 29 heavy (non-hydrogen) atoms. The average molecular weight is 392 g/mol. The Morgan fingerprint density at radius 3 is 2.86 bits per heavy atom. The van der Waals surface area contributed by atoms with Gasteiger partial charge in [0.25, 0.3) is 11.2 Å². The lowest BCUT2D eigenvalue weighted by Crippen LogP contribution is -2.29. The van der Waals surface area contributed by atoms with Crippen LogP contribution in [-0.2, 0) is 0 Å². The summed E-state index contributed by atoms with van der Waals surface area (Å²) in [5, 5.41) is 11.8. The number of nitrogens with zero attached hydrogens (tertiary/aromatic N) is 3. The first-order chi connectivity index (χ1) is 14.1. The number of anilines is 1. The van der Waals surface area contributed by atoms with E-state index in [1.165, 1.54) is 12.4 Å². The van der Waals surface area contributed by atoms with Crippen LogP contribution in [0.5, 0.6) is 5.75 Å². The quantitative estimate of drug-likeness (QED) is 0.527. The molecule has 0 bridgehead atoms. The Kier molecular flexibility index (Phi) is 4.99. The molecule has 2 heterocycles. The summed E-state index contributed by atoms with van der Waals surface area (Å²) in [6.07, 6.45) is 4.10. The van der Waals surface area contributed by atoms with Gasteiger partial charge in [-0.15, -0.1) is 0 Å². The number of benzene rings is 2. The van der Waals surface area contributed by atoms with Gasteiger partial charge in [-0.25, -0.2) is 4.98 Å². The van der Waals surface area contributed by atoms with Crippen molar-refractivity contribution in [1.29, 1.82) is 0 Å². The van der Waals surface area contributed by atoms with Gasteiger partial charge in [-0.1, -0.05) is 24.3 Å². The van der Waals surface area contributed by atoms with Crippen molar-refractivity contribution in [3.05, 3.63) is 74.8 Å². The van der Waals surface area contributed by atoms with Crippen LogP contribution < -0.4 is 15.2 Å². The van der Waals surface area contributed by atoms with Crippen LogP contribution in [0.3, 0.4) is 0 Å². The van der Waals surface area contributed by atoms with Crippen LogP contribution in [0.1, 0.15) is 18.9 Å². The van der Waals surface area contributed by atoms with E-state index in [2.05, 4.69) is 16.0 Å². The maximum absolute atomic E-state index is 12.0. The maximum Gasteiger partial charge on any atom is 0.293 e. The third-order valence-corrected chi connectivity index (χ3v) is 5.02. The molecule has 3 aromatic rings. The summed E-state index contributed by atoms with van der Waals surface area (Å²) in [4.78, 5) is 31.7. The molecule has 4 rings (SSSR count). The van der Waals surface area contributed by atoms with Gasteiger partial charge in [0.1, 0.15) is 11.4 Å². The third-order valence-electron chi connectivity index (χ3n) is 5.02. The normalized spacial score (nSPS) is 14.0. The Morgan fingerprint density at radius 1 is 1.31 bits per heavy atom. The van der Waals surface area contributed by atoms with Gasteiger partial charge in [0, 0.05) is 24.7 Å². The average Bonchev–Trinajstić information content (AvgIpc) is 2.74. The van der Waals surface area contributed by atoms with E-state index in [1.807, 2.05) is 36.1 Å². The minimum Gasteiger partial charge on any atom is -0.493 e. The number of aromatic nitrogens is 2. The molecule has 0 spiro atoms. The van der Waals surface area contributed by atoms with Gasteiger partial charge < -0.3 is 14.6 Å². The molecule has 8 heteroatoms. The van der Waals surface area contributed by atoms with Crippen molar-refractivity contribution in [3.8, 4) is 5.75 Å². The molecule has 1 aliphatic heterocycles. The first-order valence-corrected chi connectivity index (χ1v) is 9.40. The van der Waals surface area contributed by atoms with Crippen LogP contribution in [0, 0.1) is 10.1 Å². The fraction of sp³-hybridized carbons (Fsp3) is 0.238. The zero-order chi connectivity index (χ0) is 20.4. The lowest BCUT2D eigenvalue weighted by molar-refractivity contribution is -0.384. The number of ether oxygens (including phenoxy) is 1. The first kappa shape index (κ1) is 18.7. The minimum atomic E-state index is -0.454. The number of nitrogens with one attached hydrogen (secondary N) is 1. The van der Waals surface area contributed by atoms with Crippen molar-refractivity contribution in [2.75, 3.05) is 24.6 Å². The molecule has 8 nitrogen and oxygen atoms in total. The Labute approximate surface area is 166 Å². The number of aromatic amines is 1. The van der Waals surface area contributed by atoms with Gasteiger partial charge in [0.2, 0.25) is 0 Å². The molecule has 1 N–H and O–H groups in total. The van der Waals surface area contributed by atoms with E-state index in [9.17, 15) is 14.9 Å². The monoisotopic (exact) mass is 392 g/mol. The number of para-hydroxylation sites is 1. The standard InChI is InChI=1S/C21H20N4O4/c1-2-29-20-6-4-3-5-15(20)14-7-9-24(10-8-14)18-12-17-16(11-19(18)25(27)28)21(26)23-13-22-17/h3-7,11-13H,2,8-10H2,1H3,(H,22,23,26). The second-order valence-corrected chi connectivity index (χ2v) is 6.70. The zero-order valence-electron chi connectivity index (χ0n) is 15.9. The number of fused-ring (bicyclic) bond motifs is 1. The molecule has 0 saturated heterocycles. The predicted octanol–water partition coefficient (Wildman–Crippen LogP) is 3.52. The maximum atomic E-state index is 12.0. The smallest absolute Gasteiger partial charge is 0.293 e. The molecule has 0 atom stereocenters. The summed E-state index contributed by atoms with van der Waals surface area (Å²) in [5.41, 5.74) is 2.62. The van der Waals surface area contributed by atoms with E-state index in [4.69, 9.17) is 4.74 Å². The van der Waals surface area contributed by atoms with Crippen molar-refractivity contribution in [3.63, 3.8) is 0 Å². The Hall–Kier alpha value is -3.68. The summed E-state index contributed by atoms with van der Waals surface area (Å²) < 4.78 is 5.73. The van der Waals surface area contributed by atoms with Crippen LogP contribution in [0.25, 0.3) is 16.5 Å². The molecule has 1 aromatic heterocycles. The zero-order valence-corrected chi connectivity index (χ0v) is 15.9. The Bertz CT molecular complexity index is 1170. The number of hydrogen-bond acceptors (Lipinski definition) is 6. The second-order valence-electron chi connectivity index (χ2n) is 6.70. The molecule has 2 aromatic carbocycles. The summed E-state index contributed by atoms with van der Waals surface area (Å²) in [5.74, 6) is 0.842. The second kappa shape index (κ2) is 7.75. The lowest BCUT2D eigenvalue weighted by atomic mass is 9.98. The van der Waals surface area contributed by atoms with Crippen molar-refractivity contribution in [2.45, 2.75) is 13.3 Å². The highest BCUT2D eigenvalue weighted by molar-refractivity contribution is 5.87. The third kappa shape index (κ3) is 3.56. The van der Waals surface area contributed by atoms with E-state index < -0.39 is 10.5 Å². The number of nitro benzene ring substituents is 1. The van der Waals surface area contributed by atoms with Gasteiger partial charge in [-0.2, -0.15) is 0 Å². The van der Waals surface area contributed by atoms with E-state index in [0.717, 1.165) is 23.3 Å². The van der Waals surface area contributed by atoms with Crippen molar-refractivity contribution < 1.29 is 9.66 Å². The SMILES string of the molecule is CCOc1ccccc1C1=CCN(c2cc3nc[nH]c(=O)c3cc2[N+](=O)[O-])CC1. The fourth-order valence-corrected chi connectivity index (χ4v) is 3.64. The summed E-state index contributed by atoms with van der Waals surface area (Å²) in [6, 6.07) is 10.8. The number of hydrogen-bond donors (Lipinski definition) is 1. The highest BCUT2D eigenvalue weighted by Crippen LogP contribution is 2.35. The van der Waals surface area contributed by atoms with E-state index >= 15 is 0 Å². The predicted molar refractivity (Wildman–Crippen MR) is 111 cm³/mol.